The standard InChI is InChI=1S/C14H32B2N2/c1-11-7-5-8-12(2)17(11)15-18(16-17)13(3)9-6-10-14(18)4/h11-14H,5-10,15-16H2,1-4H3/t11-,12+,13-,14+,17?,18?. The van der Waals surface area contributed by atoms with Crippen molar-refractivity contribution in [3.63, 3.8) is 0 Å². The largest absolute Gasteiger partial charge is 0.621 e. The van der Waals surface area contributed by atoms with Gasteiger partial charge in [0, 0.05) is 24.2 Å². The molecule has 3 fully saturated rings. The van der Waals surface area contributed by atoms with E-state index in [1.165, 1.54) is 38.5 Å². The van der Waals surface area contributed by atoms with Crippen LogP contribution in [0.15, 0.2) is 0 Å². The van der Waals surface area contributed by atoms with Crippen LogP contribution in [0.3, 0.4) is 0 Å². The molecule has 0 radical (unpaired) electrons. The van der Waals surface area contributed by atoms with Gasteiger partial charge in [-0.05, 0) is 66.2 Å². The predicted molar refractivity (Wildman–Crippen MR) is 83.2 cm³/mol. The Morgan fingerprint density at radius 2 is 0.889 bits per heavy atom. The van der Waals surface area contributed by atoms with Crippen molar-refractivity contribution < 1.29 is 8.61 Å². The zero-order valence-corrected chi connectivity index (χ0v) is 13.4. The summed E-state index contributed by atoms with van der Waals surface area (Å²) in [5.41, 5.74) is 0. The second kappa shape index (κ2) is 4.28. The SMILES string of the molecule is C[C@@H]1CCC[C@H](C)[N+]12[BH2-][N+]1([BH2-]2)[C@H](C)CCC[C@@H]1C. The molecular formula is C14H32B2N2. The first kappa shape index (κ1) is 13.1. The van der Waals surface area contributed by atoms with E-state index in [2.05, 4.69) is 27.7 Å². The number of hydrogen-bond acceptors (Lipinski definition) is 0. The zero-order valence-electron chi connectivity index (χ0n) is 13.4. The molecule has 0 unspecified atom stereocenters. The van der Waals surface area contributed by atoms with Gasteiger partial charge >= 0.3 is 15.1 Å². The maximum absolute atomic E-state index is 2.58. The molecule has 3 heterocycles. The van der Waals surface area contributed by atoms with Gasteiger partial charge in [0.15, 0.2) is 0 Å². The zero-order chi connectivity index (χ0) is 13.0. The lowest BCUT2D eigenvalue weighted by Crippen LogP contribution is -2.92. The Morgan fingerprint density at radius 1 is 0.611 bits per heavy atom. The Labute approximate surface area is 114 Å². The van der Waals surface area contributed by atoms with E-state index >= 15 is 0 Å². The summed E-state index contributed by atoms with van der Waals surface area (Å²) in [7, 11) is 0.374. The third-order valence-electron chi connectivity index (χ3n) is 8.76. The highest BCUT2D eigenvalue weighted by molar-refractivity contribution is 6.47. The molecule has 3 rings (SSSR count). The number of piperidine rings is 2. The molecule has 3 saturated heterocycles. The van der Waals surface area contributed by atoms with Gasteiger partial charge in [0.25, 0.3) is 0 Å². The Kier molecular flexibility index (Phi) is 3.10. The van der Waals surface area contributed by atoms with Crippen LogP contribution in [0, 0.1) is 0 Å². The van der Waals surface area contributed by atoms with Crippen molar-refractivity contribution in [3.8, 4) is 0 Å². The van der Waals surface area contributed by atoms with Crippen molar-refractivity contribution in [2.45, 2.75) is 90.4 Å². The van der Waals surface area contributed by atoms with Gasteiger partial charge in [-0.25, -0.2) is 0 Å². The number of hydrogen-bond donors (Lipinski definition) is 0. The topological polar surface area (TPSA) is 0 Å². The summed E-state index contributed by atoms with van der Waals surface area (Å²) in [6, 6.07) is 4.11. The van der Waals surface area contributed by atoms with E-state index in [-0.39, 0.29) is 15.1 Å². The van der Waals surface area contributed by atoms with E-state index in [1.54, 1.807) is 8.61 Å². The molecule has 0 saturated carbocycles. The molecule has 0 aromatic carbocycles. The molecule has 0 bridgehead atoms. The summed E-state index contributed by atoms with van der Waals surface area (Å²) in [6.45, 7) is 10.3. The summed E-state index contributed by atoms with van der Waals surface area (Å²) in [6.07, 6.45) is 9.12. The summed E-state index contributed by atoms with van der Waals surface area (Å²) in [4.78, 5) is 0. The van der Waals surface area contributed by atoms with Crippen LogP contribution < -0.4 is 0 Å². The monoisotopic (exact) mass is 250 g/mol. The minimum absolute atomic E-state index is 0.187. The second-order valence-electron chi connectivity index (χ2n) is 8.92. The van der Waals surface area contributed by atoms with E-state index in [0.29, 0.717) is 0 Å². The third-order valence-corrected chi connectivity index (χ3v) is 8.76. The van der Waals surface area contributed by atoms with E-state index in [9.17, 15) is 0 Å². The quantitative estimate of drug-likeness (QED) is 0.572. The Bertz CT molecular complexity index is 274. The fourth-order valence-electron chi connectivity index (χ4n) is 6.85. The molecule has 3 aliphatic heterocycles. The first-order chi connectivity index (χ1) is 8.51. The van der Waals surface area contributed by atoms with Crippen LogP contribution in [0.5, 0.6) is 0 Å². The molecule has 0 aromatic heterocycles. The van der Waals surface area contributed by atoms with Crippen LogP contribution in [0.2, 0.25) is 0 Å². The Hall–Kier alpha value is 0.0499. The molecular weight excluding hydrogens is 218 g/mol. The number of nitrogens with zero attached hydrogens (tertiary/aromatic N) is 2. The average Bonchev–Trinajstić information content (AvgIpc) is 2.26. The van der Waals surface area contributed by atoms with Gasteiger partial charge in [0.05, 0.1) is 0 Å². The summed E-state index contributed by atoms with van der Waals surface area (Å²) >= 11 is 0. The van der Waals surface area contributed by atoms with Crippen LogP contribution >= 0.6 is 0 Å². The second-order valence-corrected chi connectivity index (χ2v) is 8.92. The molecule has 0 N–H and O–H groups in total. The highest BCUT2D eigenvalue weighted by Gasteiger charge is 2.52. The van der Waals surface area contributed by atoms with Crippen LogP contribution in [0.1, 0.15) is 66.2 Å². The highest BCUT2D eigenvalue weighted by Crippen LogP contribution is 2.44. The van der Waals surface area contributed by atoms with E-state index in [4.69, 9.17) is 0 Å². The highest BCUT2D eigenvalue weighted by atomic mass is 15.5. The Balaban J connectivity index is 1.81. The van der Waals surface area contributed by atoms with Gasteiger partial charge in [-0.15, -0.1) is 0 Å². The van der Waals surface area contributed by atoms with Crippen LogP contribution in [-0.4, -0.2) is 47.9 Å². The summed E-state index contributed by atoms with van der Waals surface area (Å²) in [5.74, 6) is 0. The smallest absolute Gasteiger partial charge is 0.313 e. The van der Waals surface area contributed by atoms with Crippen LogP contribution in [0.4, 0.5) is 0 Å². The molecule has 104 valence electrons. The molecule has 0 amide bonds. The van der Waals surface area contributed by atoms with Gasteiger partial charge in [0.2, 0.25) is 0 Å². The first-order valence-corrected chi connectivity index (χ1v) is 8.76. The fraction of sp³-hybridized carbons (Fsp3) is 1.00. The maximum atomic E-state index is 2.58. The lowest BCUT2D eigenvalue weighted by atomic mass is 9.53. The van der Waals surface area contributed by atoms with E-state index in [0.717, 1.165) is 24.2 Å². The fourth-order valence-corrected chi connectivity index (χ4v) is 6.85. The van der Waals surface area contributed by atoms with Crippen molar-refractivity contribution in [1.29, 1.82) is 0 Å². The molecule has 3 aliphatic rings. The Morgan fingerprint density at radius 3 is 1.17 bits per heavy atom. The lowest BCUT2D eigenvalue weighted by Gasteiger charge is -2.86. The molecule has 4 atom stereocenters. The molecule has 2 nitrogen and oxygen atoms in total. The molecule has 0 aliphatic carbocycles. The van der Waals surface area contributed by atoms with Crippen LogP contribution in [0.25, 0.3) is 0 Å². The molecule has 2 spiro atoms. The average molecular weight is 250 g/mol. The van der Waals surface area contributed by atoms with Crippen molar-refractivity contribution in [1.82, 2.24) is 0 Å². The molecule has 0 aromatic rings. The predicted octanol–water partition coefficient (Wildman–Crippen LogP) is 1.55. The van der Waals surface area contributed by atoms with E-state index < -0.39 is 0 Å². The van der Waals surface area contributed by atoms with Gasteiger partial charge in [-0.2, -0.15) is 0 Å². The minimum atomic E-state index is 0.187. The summed E-state index contributed by atoms with van der Waals surface area (Å²) in [5, 5.41) is 0. The minimum Gasteiger partial charge on any atom is -0.621 e. The van der Waals surface area contributed by atoms with Gasteiger partial charge in [0.1, 0.15) is 0 Å². The normalized spacial score (nSPS) is 56.7. The van der Waals surface area contributed by atoms with Crippen LogP contribution in [-0.2, 0) is 0 Å². The maximum Gasteiger partial charge on any atom is 0.313 e. The first-order valence-electron chi connectivity index (χ1n) is 8.76. The van der Waals surface area contributed by atoms with Gasteiger partial charge < -0.3 is 8.61 Å². The van der Waals surface area contributed by atoms with Crippen molar-refractivity contribution in [2.24, 2.45) is 0 Å². The molecule has 4 heteroatoms. The van der Waals surface area contributed by atoms with Gasteiger partial charge in [-0.3, -0.25) is 0 Å². The lowest BCUT2D eigenvalue weighted by molar-refractivity contribution is -0.981. The third kappa shape index (κ3) is 1.57. The van der Waals surface area contributed by atoms with Gasteiger partial charge in [-0.1, -0.05) is 0 Å². The summed E-state index contributed by atoms with van der Waals surface area (Å²) < 4.78 is 3.41. The number of rotatable bonds is 0. The van der Waals surface area contributed by atoms with Crippen molar-refractivity contribution >= 4 is 15.1 Å². The number of quaternary nitrogens is 2. The van der Waals surface area contributed by atoms with Crippen molar-refractivity contribution in [2.75, 3.05) is 0 Å². The van der Waals surface area contributed by atoms with Crippen molar-refractivity contribution in [3.05, 3.63) is 0 Å². The molecule has 18 heavy (non-hydrogen) atoms. The van der Waals surface area contributed by atoms with E-state index in [1.807, 2.05) is 0 Å².